The van der Waals surface area contributed by atoms with Crippen molar-refractivity contribution in [3.8, 4) is 11.5 Å². The molecule has 11 heteroatoms. The Bertz CT molecular complexity index is 1110. The second-order valence-corrected chi connectivity index (χ2v) is 6.91. The van der Waals surface area contributed by atoms with E-state index in [1.165, 1.54) is 44.6 Å². The van der Waals surface area contributed by atoms with Crippen LogP contribution in [0.4, 0.5) is 13.2 Å². The highest BCUT2D eigenvalue weighted by atomic mass is 32.2. The molecule has 0 spiro atoms. The van der Waals surface area contributed by atoms with Crippen LogP contribution in [0.5, 0.6) is 0 Å². The zero-order chi connectivity index (χ0) is 21.3. The van der Waals surface area contributed by atoms with Gasteiger partial charge in [0.2, 0.25) is 0 Å². The smallest absolute Gasteiger partial charge is 0.446 e. The predicted octanol–water partition coefficient (Wildman–Crippen LogP) is 3.82. The van der Waals surface area contributed by atoms with Crippen molar-refractivity contribution < 1.29 is 32.2 Å². The molecule has 0 aliphatic rings. The number of methoxy groups -OCH3 is 2. The molecule has 0 aliphatic heterocycles. The number of halogens is 3. The molecule has 2 heterocycles. The lowest BCUT2D eigenvalue weighted by molar-refractivity contribution is -0.0328. The van der Waals surface area contributed by atoms with E-state index in [0.29, 0.717) is 5.52 Å². The number of pyridine rings is 1. The summed E-state index contributed by atoms with van der Waals surface area (Å²) in [6, 6.07) is 6.76. The van der Waals surface area contributed by atoms with Crippen LogP contribution in [0.1, 0.15) is 20.8 Å². The number of ether oxygens (including phenoxy) is 2. The molecule has 0 N–H and O–H groups in total. The molecular formula is C18H14F3N3O4S. The van der Waals surface area contributed by atoms with E-state index in [-0.39, 0.29) is 44.9 Å². The third kappa shape index (κ3) is 4.19. The maximum Gasteiger partial charge on any atom is 0.446 e. The summed E-state index contributed by atoms with van der Waals surface area (Å²) in [4.78, 5) is 32.5. The summed E-state index contributed by atoms with van der Waals surface area (Å²) in [7, 11) is 4.00. The fraction of sp³-hybridized carbons (Fsp3) is 0.222. The Kier molecular flexibility index (Phi) is 5.51. The standard InChI is InChI=1S/C18H14F3N3O4S/c1-24-13-7-4-9(29-18(19,20)21)8-12(13)23-15(24)14-10(16(25)27-2)5-6-11(22-14)17(26)28-3/h4-8H,1-3H3. The van der Waals surface area contributed by atoms with Crippen molar-refractivity contribution in [3.05, 3.63) is 41.6 Å². The van der Waals surface area contributed by atoms with E-state index in [9.17, 15) is 22.8 Å². The minimum Gasteiger partial charge on any atom is -0.465 e. The van der Waals surface area contributed by atoms with E-state index in [0.717, 1.165) is 0 Å². The van der Waals surface area contributed by atoms with Crippen molar-refractivity contribution in [2.24, 2.45) is 7.05 Å². The molecule has 0 unspecified atom stereocenters. The van der Waals surface area contributed by atoms with Gasteiger partial charge in [-0.1, -0.05) is 0 Å². The second-order valence-electron chi connectivity index (χ2n) is 5.77. The van der Waals surface area contributed by atoms with Gasteiger partial charge in [-0.3, -0.25) is 0 Å². The topological polar surface area (TPSA) is 83.3 Å². The van der Waals surface area contributed by atoms with E-state index >= 15 is 0 Å². The molecule has 0 amide bonds. The minimum absolute atomic E-state index is 0.0286. The fourth-order valence-electron chi connectivity index (χ4n) is 2.71. The summed E-state index contributed by atoms with van der Waals surface area (Å²) in [5.41, 5.74) is -3.60. The van der Waals surface area contributed by atoms with Crippen LogP contribution in [0.25, 0.3) is 22.6 Å². The van der Waals surface area contributed by atoms with Gasteiger partial charge in [-0.15, -0.1) is 0 Å². The van der Waals surface area contributed by atoms with Gasteiger partial charge in [0.15, 0.2) is 5.82 Å². The Hall–Kier alpha value is -3.08. The van der Waals surface area contributed by atoms with Crippen LogP contribution in [-0.4, -0.2) is 46.2 Å². The van der Waals surface area contributed by atoms with E-state index in [1.807, 2.05) is 0 Å². The van der Waals surface area contributed by atoms with E-state index in [1.54, 1.807) is 11.6 Å². The number of alkyl halides is 3. The first-order valence-corrected chi connectivity index (χ1v) is 8.86. The van der Waals surface area contributed by atoms with Gasteiger partial charge in [0.25, 0.3) is 0 Å². The highest BCUT2D eigenvalue weighted by Gasteiger charge is 2.29. The van der Waals surface area contributed by atoms with Gasteiger partial charge in [0.1, 0.15) is 11.4 Å². The van der Waals surface area contributed by atoms with Crippen LogP contribution in [-0.2, 0) is 16.5 Å². The zero-order valence-corrected chi connectivity index (χ0v) is 16.2. The molecule has 0 radical (unpaired) electrons. The molecule has 152 valence electrons. The number of nitrogens with zero attached hydrogens (tertiary/aromatic N) is 3. The lowest BCUT2D eigenvalue weighted by atomic mass is 10.1. The lowest BCUT2D eigenvalue weighted by Gasteiger charge is -2.09. The number of carbonyl (C=O) groups excluding carboxylic acids is 2. The van der Waals surface area contributed by atoms with Crippen molar-refractivity contribution in [2.75, 3.05) is 14.2 Å². The molecule has 0 bridgehead atoms. The monoisotopic (exact) mass is 425 g/mol. The maximum absolute atomic E-state index is 12.7. The number of esters is 2. The van der Waals surface area contributed by atoms with Crippen molar-refractivity contribution in [1.82, 2.24) is 14.5 Å². The Labute approximate surface area is 166 Å². The van der Waals surface area contributed by atoms with Gasteiger partial charge >= 0.3 is 17.4 Å². The Balaban J connectivity index is 2.19. The Morgan fingerprint density at radius 1 is 1.03 bits per heavy atom. The van der Waals surface area contributed by atoms with Crippen LogP contribution in [0.3, 0.4) is 0 Å². The molecule has 0 fully saturated rings. The summed E-state index contributed by atoms with van der Waals surface area (Å²) in [5, 5.41) is 0. The third-order valence-electron chi connectivity index (χ3n) is 3.99. The van der Waals surface area contributed by atoms with Crippen LogP contribution in [0.15, 0.2) is 35.2 Å². The second kappa shape index (κ2) is 7.74. The fourth-order valence-corrected chi connectivity index (χ4v) is 3.28. The van der Waals surface area contributed by atoms with Crippen LogP contribution >= 0.6 is 11.8 Å². The largest absolute Gasteiger partial charge is 0.465 e. The number of imidazole rings is 1. The first-order valence-electron chi connectivity index (χ1n) is 8.05. The van der Waals surface area contributed by atoms with E-state index in [2.05, 4.69) is 14.7 Å². The SMILES string of the molecule is COC(=O)c1ccc(C(=O)OC)c(-c2nc3cc(SC(F)(F)F)ccc3n2C)n1. The minimum atomic E-state index is -4.43. The quantitative estimate of drug-likeness (QED) is 0.464. The zero-order valence-electron chi connectivity index (χ0n) is 15.4. The number of rotatable bonds is 4. The normalized spacial score (nSPS) is 11.5. The molecule has 0 atom stereocenters. The number of aryl methyl sites for hydroxylation is 1. The summed E-state index contributed by atoms with van der Waals surface area (Å²) >= 11 is -0.253. The van der Waals surface area contributed by atoms with Crippen molar-refractivity contribution >= 4 is 34.7 Å². The molecule has 2 aromatic heterocycles. The number of aromatic nitrogens is 3. The molecule has 0 aliphatic carbocycles. The van der Waals surface area contributed by atoms with Gasteiger partial charge in [0.05, 0.1) is 30.8 Å². The Morgan fingerprint density at radius 2 is 1.72 bits per heavy atom. The predicted molar refractivity (Wildman–Crippen MR) is 98.5 cm³/mol. The number of thioether (sulfide) groups is 1. The highest BCUT2D eigenvalue weighted by molar-refractivity contribution is 8.00. The summed E-state index contributed by atoms with van der Waals surface area (Å²) in [5.74, 6) is -1.24. The van der Waals surface area contributed by atoms with Crippen molar-refractivity contribution in [2.45, 2.75) is 10.4 Å². The average Bonchev–Trinajstić information content (AvgIpc) is 3.00. The molecule has 7 nitrogen and oxygen atoms in total. The van der Waals surface area contributed by atoms with Gasteiger partial charge < -0.3 is 14.0 Å². The number of carbonyl (C=O) groups is 2. The molecular weight excluding hydrogens is 411 g/mol. The van der Waals surface area contributed by atoms with Gasteiger partial charge in [0, 0.05) is 11.9 Å². The lowest BCUT2D eigenvalue weighted by Crippen LogP contribution is -2.11. The van der Waals surface area contributed by atoms with Crippen LogP contribution in [0, 0.1) is 0 Å². The van der Waals surface area contributed by atoms with Gasteiger partial charge in [-0.2, -0.15) is 13.2 Å². The van der Waals surface area contributed by atoms with Gasteiger partial charge in [-0.05, 0) is 42.1 Å². The highest BCUT2D eigenvalue weighted by Crippen LogP contribution is 2.38. The molecule has 3 aromatic rings. The average molecular weight is 425 g/mol. The van der Waals surface area contributed by atoms with Crippen LogP contribution in [0.2, 0.25) is 0 Å². The summed E-state index contributed by atoms with van der Waals surface area (Å²) < 4.78 is 48.9. The van der Waals surface area contributed by atoms with Gasteiger partial charge in [-0.25, -0.2) is 19.6 Å². The number of hydrogen-bond donors (Lipinski definition) is 0. The Morgan fingerprint density at radius 3 is 2.34 bits per heavy atom. The maximum atomic E-state index is 12.7. The number of benzene rings is 1. The number of fused-ring (bicyclic) bond motifs is 1. The van der Waals surface area contributed by atoms with Crippen LogP contribution < -0.4 is 0 Å². The summed E-state index contributed by atoms with van der Waals surface area (Å²) in [6.07, 6.45) is 0. The van der Waals surface area contributed by atoms with Crippen molar-refractivity contribution in [3.63, 3.8) is 0 Å². The molecule has 0 saturated carbocycles. The van der Waals surface area contributed by atoms with E-state index < -0.39 is 17.4 Å². The molecule has 0 saturated heterocycles. The van der Waals surface area contributed by atoms with E-state index in [4.69, 9.17) is 4.74 Å². The first-order chi connectivity index (χ1) is 13.6. The molecule has 1 aromatic carbocycles. The summed E-state index contributed by atoms with van der Waals surface area (Å²) in [6.45, 7) is 0. The van der Waals surface area contributed by atoms with Crippen molar-refractivity contribution in [1.29, 1.82) is 0 Å². The third-order valence-corrected chi connectivity index (χ3v) is 4.71. The molecule has 3 rings (SSSR count). The first kappa shape index (κ1) is 20.6. The molecule has 29 heavy (non-hydrogen) atoms. The number of hydrogen-bond acceptors (Lipinski definition) is 7.